The van der Waals surface area contributed by atoms with E-state index in [1.54, 1.807) is 0 Å². The molecule has 0 amide bonds. The van der Waals surface area contributed by atoms with E-state index in [9.17, 15) is 0 Å². The molecule has 0 unspecified atom stereocenters. The second-order valence-corrected chi connectivity index (χ2v) is 7.70. The van der Waals surface area contributed by atoms with E-state index in [0.29, 0.717) is 0 Å². The molecule has 3 aromatic carbocycles. The van der Waals surface area contributed by atoms with E-state index in [-0.39, 0.29) is 0 Å². The Balaban J connectivity index is 1.77. The van der Waals surface area contributed by atoms with Crippen molar-refractivity contribution in [3.63, 3.8) is 0 Å². The minimum absolute atomic E-state index is 0.914. The van der Waals surface area contributed by atoms with Crippen LogP contribution in [-0.2, 0) is 0 Å². The molecular formula is C24H16N2S2. The van der Waals surface area contributed by atoms with E-state index >= 15 is 0 Å². The first-order chi connectivity index (χ1) is 13.7. The molecule has 5 rings (SSSR count). The Morgan fingerprint density at radius 2 is 0.857 bits per heavy atom. The summed E-state index contributed by atoms with van der Waals surface area (Å²) in [6.07, 6.45) is 3.71. The van der Waals surface area contributed by atoms with Gasteiger partial charge in [-0.3, -0.25) is 9.97 Å². The molecule has 2 nitrogen and oxygen atoms in total. The Bertz CT molecular complexity index is 1210. The van der Waals surface area contributed by atoms with E-state index in [4.69, 9.17) is 0 Å². The Labute approximate surface area is 174 Å². The molecule has 0 aliphatic heterocycles. The van der Waals surface area contributed by atoms with Gasteiger partial charge in [-0.05, 0) is 58.7 Å². The molecule has 0 bridgehead atoms. The van der Waals surface area contributed by atoms with Crippen LogP contribution in [0.4, 0.5) is 0 Å². The molecular weight excluding hydrogens is 380 g/mol. The summed E-state index contributed by atoms with van der Waals surface area (Å²) in [5.41, 5.74) is 6.41. The molecule has 0 N–H and O–H groups in total. The van der Waals surface area contributed by atoms with Crippen LogP contribution in [0, 0.1) is 0 Å². The van der Waals surface area contributed by atoms with Gasteiger partial charge in [-0.25, -0.2) is 0 Å². The van der Waals surface area contributed by atoms with Crippen molar-refractivity contribution in [3.8, 4) is 22.3 Å². The van der Waals surface area contributed by atoms with Crippen LogP contribution in [-0.4, -0.2) is 9.97 Å². The van der Waals surface area contributed by atoms with Crippen LogP contribution in [0.2, 0.25) is 0 Å². The third-order valence-corrected chi connectivity index (χ3v) is 5.57. The summed E-state index contributed by atoms with van der Waals surface area (Å²) in [6.45, 7) is 0. The smallest absolute Gasteiger partial charge is 0.0970 e. The van der Waals surface area contributed by atoms with E-state index in [0.717, 1.165) is 53.9 Å². The molecule has 0 radical (unpaired) electrons. The van der Waals surface area contributed by atoms with Crippen molar-refractivity contribution in [2.24, 2.45) is 0 Å². The van der Waals surface area contributed by atoms with Crippen LogP contribution in [0.5, 0.6) is 0 Å². The highest BCUT2D eigenvalue weighted by atomic mass is 32.1. The van der Waals surface area contributed by atoms with Gasteiger partial charge in [0.25, 0.3) is 0 Å². The maximum absolute atomic E-state index is 4.67. The number of nitrogens with zero attached hydrogens (tertiary/aromatic N) is 2. The third-order valence-electron chi connectivity index (χ3n) is 4.98. The summed E-state index contributed by atoms with van der Waals surface area (Å²) < 4.78 is 0. The maximum Gasteiger partial charge on any atom is 0.0970 e. The van der Waals surface area contributed by atoms with Gasteiger partial charge >= 0.3 is 0 Å². The van der Waals surface area contributed by atoms with Crippen molar-refractivity contribution < 1.29 is 0 Å². The lowest BCUT2D eigenvalue weighted by atomic mass is 9.96. The SMILES string of the molecule is Sc1ccc(-c2ccnc3c2ccc2c(-c4ccc(S)cc4)ccnc23)cc1. The number of benzene rings is 3. The van der Waals surface area contributed by atoms with Gasteiger partial charge in [0.05, 0.1) is 11.0 Å². The van der Waals surface area contributed by atoms with Crippen molar-refractivity contribution in [2.75, 3.05) is 0 Å². The summed E-state index contributed by atoms with van der Waals surface area (Å²) in [5.74, 6) is 0. The number of hydrogen-bond acceptors (Lipinski definition) is 4. The largest absolute Gasteiger partial charge is 0.254 e. The standard InChI is InChI=1S/C24H16N2S2/c27-17-5-1-15(2-6-17)19-11-13-25-23-21(19)9-10-22-20(12-14-26-24(22)23)16-3-7-18(28)8-4-16/h1-14,27-28H. The summed E-state index contributed by atoms with van der Waals surface area (Å²) in [4.78, 5) is 11.2. The van der Waals surface area contributed by atoms with Gasteiger partial charge in [0.2, 0.25) is 0 Å². The van der Waals surface area contributed by atoms with Crippen molar-refractivity contribution in [2.45, 2.75) is 9.79 Å². The average molecular weight is 397 g/mol. The Kier molecular flexibility index (Phi) is 4.30. The molecule has 2 heterocycles. The fourth-order valence-corrected chi connectivity index (χ4v) is 3.91. The van der Waals surface area contributed by atoms with Crippen molar-refractivity contribution in [1.29, 1.82) is 0 Å². The van der Waals surface area contributed by atoms with Gasteiger partial charge in [0, 0.05) is 33.0 Å². The number of pyridine rings is 2. The normalized spacial score (nSPS) is 11.2. The first-order valence-corrected chi connectivity index (χ1v) is 9.85. The lowest BCUT2D eigenvalue weighted by Gasteiger charge is -2.11. The molecule has 0 spiro atoms. The van der Waals surface area contributed by atoms with Gasteiger partial charge in [0.15, 0.2) is 0 Å². The molecule has 5 aromatic rings. The fourth-order valence-electron chi connectivity index (χ4n) is 3.61. The van der Waals surface area contributed by atoms with E-state index < -0.39 is 0 Å². The lowest BCUT2D eigenvalue weighted by molar-refractivity contribution is 1.37. The van der Waals surface area contributed by atoms with E-state index in [1.807, 2.05) is 36.7 Å². The first kappa shape index (κ1) is 17.3. The lowest BCUT2D eigenvalue weighted by Crippen LogP contribution is -1.90. The quantitative estimate of drug-likeness (QED) is 0.257. The number of aromatic nitrogens is 2. The molecule has 2 aromatic heterocycles. The van der Waals surface area contributed by atoms with Gasteiger partial charge < -0.3 is 0 Å². The number of rotatable bonds is 2. The summed E-state index contributed by atoms with van der Waals surface area (Å²) in [6, 6.07) is 24.8. The van der Waals surface area contributed by atoms with Crippen LogP contribution in [0.1, 0.15) is 0 Å². The van der Waals surface area contributed by atoms with Crippen LogP contribution < -0.4 is 0 Å². The van der Waals surface area contributed by atoms with Crippen LogP contribution in [0.15, 0.2) is 95.0 Å². The summed E-state index contributed by atoms with van der Waals surface area (Å²) in [7, 11) is 0. The number of fused-ring (bicyclic) bond motifs is 3. The third kappa shape index (κ3) is 2.95. The Morgan fingerprint density at radius 3 is 1.25 bits per heavy atom. The van der Waals surface area contributed by atoms with Gasteiger partial charge in [0.1, 0.15) is 0 Å². The molecule has 0 aliphatic rings. The molecule has 134 valence electrons. The zero-order valence-electron chi connectivity index (χ0n) is 14.9. The highest BCUT2D eigenvalue weighted by molar-refractivity contribution is 7.80. The van der Waals surface area contributed by atoms with Crippen LogP contribution >= 0.6 is 25.3 Å². The molecule has 0 fully saturated rings. The van der Waals surface area contributed by atoms with Crippen LogP contribution in [0.3, 0.4) is 0 Å². The fraction of sp³-hybridized carbons (Fsp3) is 0. The average Bonchev–Trinajstić information content (AvgIpc) is 2.74. The zero-order chi connectivity index (χ0) is 19.1. The molecule has 0 saturated carbocycles. The predicted octanol–water partition coefficient (Wildman–Crippen LogP) is 6.69. The van der Waals surface area contributed by atoms with Crippen LogP contribution in [0.25, 0.3) is 44.1 Å². The molecule has 28 heavy (non-hydrogen) atoms. The maximum atomic E-state index is 4.67. The highest BCUT2D eigenvalue weighted by Gasteiger charge is 2.12. The number of hydrogen-bond donors (Lipinski definition) is 2. The zero-order valence-corrected chi connectivity index (χ0v) is 16.7. The van der Waals surface area contributed by atoms with E-state index in [1.165, 1.54) is 0 Å². The van der Waals surface area contributed by atoms with Crippen molar-refractivity contribution >= 4 is 47.1 Å². The second-order valence-electron chi connectivity index (χ2n) is 6.67. The predicted molar refractivity (Wildman–Crippen MR) is 122 cm³/mol. The van der Waals surface area contributed by atoms with Crippen molar-refractivity contribution in [3.05, 3.63) is 85.2 Å². The topological polar surface area (TPSA) is 25.8 Å². The van der Waals surface area contributed by atoms with Gasteiger partial charge in [-0.1, -0.05) is 36.4 Å². The highest BCUT2D eigenvalue weighted by Crippen LogP contribution is 2.35. The minimum Gasteiger partial charge on any atom is -0.254 e. The second kappa shape index (κ2) is 6.97. The number of thiol groups is 2. The molecule has 0 saturated heterocycles. The Hall–Kier alpha value is -2.82. The molecule has 0 aliphatic carbocycles. The molecule has 4 heteroatoms. The molecule has 0 atom stereocenters. The van der Waals surface area contributed by atoms with Crippen molar-refractivity contribution in [1.82, 2.24) is 9.97 Å². The summed E-state index contributed by atoms with van der Waals surface area (Å²) >= 11 is 8.78. The first-order valence-electron chi connectivity index (χ1n) is 8.96. The van der Waals surface area contributed by atoms with Gasteiger partial charge in [-0.2, -0.15) is 0 Å². The monoisotopic (exact) mass is 396 g/mol. The van der Waals surface area contributed by atoms with Gasteiger partial charge in [-0.15, -0.1) is 25.3 Å². The van der Waals surface area contributed by atoms with E-state index in [2.05, 4.69) is 83.8 Å². The summed E-state index contributed by atoms with van der Waals surface area (Å²) in [5, 5.41) is 2.19. The Morgan fingerprint density at radius 1 is 0.464 bits per heavy atom. The minimum atomic E-state index is 0.914.